The van der Waals surface area contributed by atoms with Crippen molar-refractivity contribution in [1.82, 2.24) is 4.90 Å². The third kappa shape index (κ3) is 4.16. The van der Waals surface area contributed by atoms with Gasteiger partial charge in [-0.2, -0.15) is 0 Å². The molecule has 3 heterocycles. The van der Waals surface area contributed by atoms with Crippen molar-refractivity contribution in [2.24, 2.45) is 0 Å². The van der Waals surface area contributed by atoms with E-state index in [1.54, 1.807) is 17.0 Å². The van der Waals surface area contributed by atoms with Crippen LogP contribution in [-0.2, 0) is 14.3 Å². The lowest BCUT2D eigenvalue weighted by atomic mass is 9.96. The first-order chi connectivity index (χ1) is 14.9. The van der Waals surface area contributed by atoms with E-state index in [0.717, 1.165) is 24.2 Å². The molecular formula is C24H29N2O5+. The summed E-state index contributed by atoms with van der Waals surface area (Å²) >= 11 is 0. The maximum absolute atomic E-state index is 13.1. The van der Waals surface area contributed by atoms with Crippen LogP contribution in [0.15, 0.2) is 40.3 Å². The number of hydrogen-bond acceptors (Lipinski definition) is 5. The number of aliphatic hydroxyl groups excluding tert-OH is 1. The number of likely N-dealkylation sites (tertiary alicyclic amines) is 1. The molecule has 1 atom stereocenters. The van der Waals surface area contributed by atoms with Gasteiger partial charge in [0.1, 0.15) is 36.4 Å². The topological polar surface area (TPSA) is 84.4 Å². The van der Waals surface area contributed by atoms with E-state index in [1.165, 1.54) is 4.90 Å². The maximum Gasteiger partial charge on any atom is 0.295 e. The number of carbonyl (C=O) groups excluding carboxylic acids is 2. The van der Waals surface area contributed by atoms with Crippen molar-refractivity contribution in [3.63, 3.8) is 0 Å². The number of Topliss-reactive ketones (excluding diaryl/α,β-unsaturated/α-hetero) is 1. The lowest BCUT2D eigenvalue weighted by Gasteiger charge is -2.28. The minimum Gasteiger partial charge on any atom is -0.507 e. The molecule has 1 aromatic carbocycles. The Morgan fingerprint density at radius 3 is 2.55 bits per heavy atom. The van der Waals surface area contributed by atoms with Crippen molar-refractivity contribution in [2.75, 3.05) is 39.4 Å². The Morgan fingerprint density at radius 2 is 1.87 bits per heavy atom. The van der Waals surface area contributed by atoms with Gasteiger partial charge in [0, 0.05) is 5.56 Å². The number of aryl methyl sites for hydroxylation is 3. The predicted molar refractivity (Wildman–Crippen MR) is 115 cm³/mol. The third-order valence-electron chi connectivity index (χ3n) is 6.12. The lowest BCUT2D eigenvalue weighted by Crippen LogP contribution is -3.14. The van der Waals surface area contributed by atoms with Gasteiger partial charge in [-0.25, -0.2) is 0 Å². The van der Waals surface area contributed by atoms with Crippen molar-refractivity contribution in [3.05, 3.63) is 64.1 Å². The van der Waals surface area contributed by atoms with Gasteiger partial charge in [0.2, 0.25) is 0 Å². The second kappa shape index (κ2) is 8.69. The Bertz CT molecular complexity index is 1030. The summed E-state index contributed by atoms with van der Waals surface area (Å²) in [5, 5.41) is 11.2. The number of aliphatic hydroxyl groups is 1. The number of nitrogens with one attached hydrogen (secondary N) is 1. The molecule has 0 spiro atoms. The number of carbonyl (C=O) groups is 2. The van der Waals surface area contributed by atoms with Gasteiger partial charge in [0.05, 0.1) is 31.9 Å². The molecule has 2 aliphatic heterocycles. The number of rotatable bonds is 5. The Kier molecular flexibility index (Phi) is 5.98. The first-order valence-corrected chi connectivity index (χ1v) is 10.7. The molecule has 0 radical (unpaired) electrons. The third-order valence-corrected chi connectivity index (χ3v) is 6.12. The fourth-order valence-corrected chi connectivity index (χ4v) is 4.33. The SMILES string of the molecule is Cc1ccc(C)c(/C(O)=C2\C(=O)C(=O)N(CC[NH+]3CCOCC3)[C@H]2c2ccc(C)o2)c1. The van der Waals surface area contributed by atoms with Crippen molar-refractivity contribution in [1.29, 1.82) is 0 Å². The Morgan fingerprint density at radius 1 is 1.13 bits per heavy atom. The first-order valence-electron chi connectivity index (χ1n) is 10.7. The molecule has 7 heteroatoms. The van der Waals surface area contributed by atoms with Gasteiger partial charge in [-0.1, -0.05) is 17.7 Å². The van der Waals surface area contributed by atoms with Crippen LogP contribution in [-0.4, -0.2) is 61.1 Å². The summed E-state index contributed by atoms with van der Waals surface area (Å²) in [5.41, 5.74) is 2.44. The minimum atomic E-state index is -0.742. The molecule has 0 aliphatic carbocycles. The van der Waals surface area contributed by atoms with Crippen LogP contribution >= 0.6 is 0 Å². The number of ether oxygens (including phenoxy) is 1. The van der Waals surface area contributed by atoms with Crippen LogP contribution in [0.3, 0.4) is 0 Å². The number of amides is 1. The quantitative estimate of drug-likeness (QED) is 0.431. The van der Waals surface area contributed by atoms with Gasteiger partial charge < -0.3 is 24.1 Å². The summed E-state index contributed by atoms with van der Waals surface area (Å²) in [6.45, 7) is 9.85. The average molecular weight is 426 g/mol. The van der Waals surface area contributed by atoms with E-state index in [0.29, 0.717) is 43.4 Å². The zero-order valence-corrected chi connectivity index (χ0v) is 18.2. The molecule has 0 unspecified atom stereocenters. The van der Waals surface area contributed by atoms with Gasteiger partial charge in [0.15, 0.2) is 0 Å². The summed E-state index contributed by atoms with van der Waals surface area (Å²) in [6, 6.07) is 8.52. The summed E-state index contributed by atoms with van der Waals surface area (Å²) in [7, 11) is 0. The second-order valence-electron chi connectivity index (χ2n) is 8.37. The van der Waals surface area contributed by atoms with Crippen LogP contribution in [0, 0.1) is 20.8 Å². The largest absolute Gasteiger partial charge is 0.507 e. The van der Waals surface area contributed by atoms with E-state index in [2.05, 4.69) is 0 Å². The van der Waals surface area contributed by atoms with E-state index in [1.807, 2.05) is 39.0 Å². The molecule has 31 heavy (non-hydrogen) atoms. The molecule has 2 N–H and O–H groups in total. The summed E-state index contributed by atoms with van der Waals surface area (Å²) in [6.07, 6.45) is 0. The Labute approximate surface area is 181 Å². The van der Waals surface area contributed by atoms with Crippen LogP contribution < -0.4 is 4.90 Å². The zero-order chi connectivity index (χ0) is 22.1. The average Bonchev–Trinajstić information content (AvgIpc) is 3.30. The maximum atomic E-state index is 13.1. The van der Waals surface area contributed by atoms with Gasteiger partial charge in [-0.15, -0.1) is 0 Å². The monoisotopic (exact) mass is 425 g/mol. The highest BCUT2D eigenvalue weighted by molar-refractivity contribution is 6.46. The number of nitrogens with zero attached hydrogens (tertiary/aromatic N) is 1. The minimum absolute atomic E-state index is 0.0880. The first kappa shape index (κ1) is 21.3. The van der Waals surface area contributed by atoms with Crippen molar-refractivity contribution < 1.29 is 28.7 Å². The number of hydrogen-bond donors (Lipinski definition) is 2. The Balaban J connectivity index is 1.75. The number of furan rings is 1. The highest BCUT2D eigenvalue weighted by atomic mass is 16.5. The summed E-state index contributed by atoms with van der Waals surface area (Å²) in [4.78, 5) is 29.0. The molecule has 2 aromatic rings. The molecular weight excluding hydrogens is 396 g/mol. The number of ketones is 1. The lowest BCUT2D eigenvalue weighted by molar-refractivity contribution is -0.907. The number of benzene rings is 1. The van der Waals surface area contributed by atoms with Crippen LogP contribution in [0.1, 0.15) is 34.3 Å². The molecule has 0 saturated carbocycles. The smallest absolute Gasteiger partial charge is 0.295 e. The van der Waals surface area contributed by atoms with Crippen LogP contribution in [0.25, 0.3) is 5.76 Å². The summed E-state index contributed by atoms with van der Waals surface area (Å²) < 4.78 is 11.2. The van der Waals surface area contributed by atoms with E-state index in [-0.39, 0.29) is 11.3 Å². The molecule has 1 aromatic heterocycles. The van der Waals surface area contributed by atoms with E-state index < -0.39 is 17.7 Å². The van der Waals surface area contributed by atoms with Gasteiger partial charge in [-0.3, -0.25) is 9.59 Å². The van der Waals surface area contributed by atoms with Crippen molar-refractivity contribution in [3.8, 4) is 0 Å². The van der Waals surface area contributed by atoms with Gasteiger partial charge in [-0.05, 0) is 44.5 Å². The van der Waals surface area contributed by atoms with Gasteiger partial charge >= 0.3 is 0 Å². The van der Waals surface area contributed by atoms with Crippen molar-refractivity contribution >= 4 is 17.4 Å². The van der Waals surface area contributed by atoms with Crippen LogP contribution in [0.5, 0.6) is 0 Å². The number of morpholine rings is 1. The molecule has 0 bridgehead atoms. The van der Waals surface area contributed by atoms with E-state index in [9.17, 15) is 14.7 Å². The van der Waals surface area contributed by atoms with Crippen molar-refractivity contribution in [2.45, 2.75) is 26.8 Å². The second-order valence-corrected chi connectivity index (χ2v) is 8.37. The molecule has 4 rings (SSSR count). The standard InChI is InChI=1S/C24H28N2O5/c1-15-4-5-16(2)18(14-15)22(27)20-21(19-7-6-17(3)31-19)26(24(29)23(20)28)9-8-25-10-12-30-13-11-25/h4-7,14,21,27H,8-13H2,1-3H3/p+1/b22-20+/t21-/m0/s1. The Hall–Kier alpha value is -2.90. The predicted octanol–water partition coefficient (Wildman–Crippen LogP) is 1.54. The van der Waals surface area contributed by atoms with Crippen LogP contribution in [0.4, 0.5) is 0 Å². The van der Waals surface area contributed by atoms with E-state index in [4.69, 9.17) is 9.15 Å². The fourth-order valence-electron chi connectivity index (χ4n) is 4.33. The highest BCUT2D eigenvalue weighted by Crippen LogP contribution is 2.40. The molecule has 164 valence electrons. The molecule has 2 aliphatic rings. The highest BCUT2D eigenvalue weighted by Gasteiger charge is 2.48. The molecule has 2 saturated heterocycles. The molecule has 2 fully saturated rings. The molecule has 1 amide bonds. The van der Waals surface area contributed by atoms with Gasteiger partial charge in [0.25, 0.3) is 11.7 Å². The molecule has 7 nitrogen and oxygen atoms in total. The van der Waals surface area contributed by atoms with Crippen LogP contribution in [0.2, 0.25) is 0 Å². The number of quaternary nitrogens is 1. The zero-order valence-electron chi connectivity index (χ0n) is 18.2. The van der Waals surface area contributed by atoms with E-state index >= 15 is 0 Å². The fraction of sp³-hybridized carbons (Fsp3) is 0.417. The normalized spacial score (nSPS) is 21.8. The summed E-state index contributed by atoms with van der Waals surface area (Å²) in [5.74, 6) is -0.250.